The van der Waals surface area contributed by atoms with Crippen molar-refractivity contribution >= 4 is 0 Å². The third kappa shape index (κ3) is 3.24. The molecule has 0 N–H and O–H groups in total. The fourth-order valence-corrected chi connectivity index (χ4v) is 1.76. The number of piperazine rings is 1. The van der Waals surface area contributed by atoms with Gasteiger partial charge in [-0.3, -0.25) is 9.80 Å². The molecule has 1 fully saturated rings. The van der Waals surface area contributed by atoms with Crippen LogP contribution in [0.25, 0.3) is 0 Å². The van der Waals surface area contributed by atoms with Gasteiger partial charge in [0.15, 0.2) is 0 Å². The smallest absolute Gasteiger partial charge is 0.102 e. The van der Waals surface area contributed by atoms with E-state index in [9.17, 15) is 4.39 Å². The van der Waals surface area contributed by atoms with E-state index >= 15 is 0 Å². The summed E-state index contributed by atoms with van der Waals surface area (Å²) in [6.45, 7) is 11.3. The summed E-state index contributed by atoms with van der Waals surface area (Å²) in [6.07, 6.45) is 0. The Kier molecular flexibility index (Phi) is 3.68. The predicted molar refractivity (Wildman–Crippen MR) is 53.7 cm³/mol. The monoisotopic (exact) mass is 188 g/mol. The first-order valence-electron chi connectivity index (χ1n) is 5.07. The van der Waals surface area contributed by atoms with Crippen molar-refractivity contribution in [3.63, 3.8) is 0 Å². The summed E-state index contributed by atoms with van der Waals surface area (Å²) in [4.78, 5) is 4.66. The summed E-state index contributed by atoms with van der Waals surface area (Å²) in [6, 6.07) is 0. The van der Waals surface area contributed by atoms with Gasteiger partial charge < -0.3 is 0 Å². The highest BCUT2D eigenvalue weighted by Gasteiger charge is 2.25. The summed E-state index contributed by atoms with van der Waals surface area (Å²) in [7, 11) is 0. The Balaban J connectivity index is 2.30. The van der Waals surface area contributed by atoms with Gasteiger partial charge in [0.05, 0.1) is 0 Å². The maximum Gasteiger partial charge on any atom is 0.102 e. The van der Waals surface area contributed by atoms with E-state index in [0.29, 0.717) is 6.54 Å². The Morgan fingerprint density at radius 1 is 1.08 bits per heavy atom. The zero-order valence-corrected chi connectivity index (χ0v) is 9.02. The Hall–Kier alpha value is -0.150. The lowest BCUT2D eigenvalue weighted by Gasteiger charge is -2.42. The highest BCUT2D eigenvalue weighted by Crippen LogP contribution is 2.15. The Labute approximate surface area is 80.7 Å². The Morgan fingerprint density at radius 2 is 1.62 bits per heavy atom. The minimum absolute atomic E-state index is 0.213. The van der Waals surface area contributed by atoms with Crippen LogP contribution >= 0.6 is 0 Å². The van der Waals surface area contributed by atoms with Crippen molar-refractivity contribution in [2.45, 2.75) is 26.3 Å². The van der Waals surface area contributed by atoms with Crippen molar-refractivity contribution in [3.05, 3.63) is 0 Å². The lowest BCUT2D eigenvalue weighted by Crippen LogP contribution is -2.53. The van der Waals surface area contributed by atoms with Crippen molar-refractivity contribution in [1.29, 1.82) is 0 Å². The van der Waals surface area contributed by atoms with Crippen LogP contribution in [-0.2, 0) is 0 Å². The molecule has 1 heterocycles. The summed E-state index contributed by atoms with van der Waals surface area (Å²) in [5, 5.41) is 0. The molecule has 0 unspecified atom stereocenters. The van der Waals surface area contributed by atoms with E-state index in [1.807, 2.05) is 0 Å². The summed E-state index contributed by atoms with van der Waals surface area (Å²) in [5.74, 6) is 0. The van der Waals surface area contributed by atoms with Crippen LogP contribution in [0.5, 0.6) is 0 Å². The molecule has 0 radical (unpaired) electrons. The standard InChI is InChI=1S/C10H21FN2/c1-10(2,3)13-8-6-12(5-4-11)7-9-13/h4-9H2,1-3H3. The molecule has 1 aliphatic rings. The van der Waals surface area contributed by atoms with Crippen LogP contribution in [0, 0.1) is 0 Å². The summed E-state index contributed by atoms with van der Waals surface area (Å²) >= 11 is 0. The molecule has 1 rings (SSSR count). The largest absolute Gasteiger partial charge is 0.298 e. The highest BCUT2D eigenvalue weighted by molar-refractivity contribution is 4.81. The minimum Gasteiger partial charge on any atom is -0.298 e. The zero-order chi connectivity index (χ0) is 9.90. The van der Waals surface area contributed by atoms with Crippen LogP contribution in [0.2, 0.25) is 0 Å². The van der Waals surface area contributed by atoms with Crippen molar-refractivity contribution in [2.75, 3.05) is 39.4 Å². The molecule has 0 aliphatic carbocycles. The van der Waals surface area contributed by atoms with Crippen molar-refractivity contribution in [2.24, 2.45) is 0 Å². The van der Waals surface area contributed by atoms with Gasteiger partial charge in [-0.15, -0.1) is 0 Å². The van der Waals surface area contributed by atoms with E-state index in [-0.39, 0.29) is 12.2 Å². The number of rotatable bonds is 2. The maximum atomic E-state index is 12.1. The van der Waals surface area contributed by atoms with E-state index in [4.69, 9.17) is 0 Å². The molecule has 1 aliphatic heterocycles. The average Bonchev–Trinajstić information content (AvgIpc) is 2.04. The van der Waals surface area contributed by atoms with E-state index in [1.54, 1.807) is 0 Å². The third-order valence-electron chi connectivity index (χ3n) is 2.72. The molecule has 0 aromatic rings. The summed E-state index contributed by atoms with van der Waals surface area (Å²) in [5.41, 5.74) is 0.266. The van der Waals surface area contributed by atoms with E-state index in [2.05, 4.69) is 30.6 Å². The average molecular weight is 188 g/mol. The molecule has 0 aromatic heterocycles. The van der Waals surface area contributed by atoms with Gasteiger partial charge in [-0.1, -0.05) is 0 Å². The van der Waals surface area contributed by atoms with Gasteiger partial charge >= 0.3 is 0 Å². The predicted octanol–water partition coefficient (Wildman–Crippen LogP) is 1.37. The second kappa shape index (κ2) is 4.38. The highest BCUT2D eigenvalue weighted by atomic mass is 19.1. The molecule has 1 saturated heterocycles. The number of hydrogen-bond acceptors (Lipinski definition) is 2. The van der Waals surface area contributed by atoms with Gasteiger partial charge in [0.1, 0.15) is 6.67 Å². The van der Waals surface area contributed by atoms with Crippen molar-refractivity contribution in [1.82, 2.24) is 9.80 Å². The number of halogens is 1. The fraction of sp³-hybridized carbons (Fsp3) is 1.00. The second-order valence-electron chi connectivity index (χ2n) is 4.69. The normalized spacial score (nSPS) is 22.2. The first-order valence-corrected chi connectivity index (χ1v) is 5.07. The van der Waals surface area contributed by atoms with E-state index in [1.165, 1.54) is 0 Å². The molecular formula is C10H21FN2. The van der Waals surface area contributed by atoms with Crippen LogP contribution in [0.3, 0.4) is 0 Å². The molecular weight excluding hydrogens is 167 g/mol. The minimum atomic E-state index is -0.213. The molecule has 78 valence electrons. The van der Waals surface area contributed by atoms with E-state index in [0.717, 1.165) is 26.2 Å². The molecule has 2 nitrogen and oxygen atoms in total. The molecule has 3 heteroatoms. The van der Waals surface area contributed by atoms with Crippen LogP contribution in [0.1, 0.15) is 20.8 Å². The Bertz CT molecular complexity index is 145. The number of hydrogen-bond donors (Lipinski definition) is 0. The second-order valence-corrected chi connectivity index (χ2v) is 4.69. The zero-order valence-electron chi connectivity index (χ0n) is 9.02. The van der Waals surface area contributed by atoms with Crippen LogP contribution < -0.4 is 0 Å². The molecule has 0 bridgehead atoms. The van der Waals surface area contributed by atoms with Crippen LogP contribution in [0.15, 0.2) is 0 Å². The van der Waals surface area contributed by atoms with Gasteiger partial charge in [0, 0.05) is 38.3 Å². The number of nitrogens with zero attached hydrogens (tertiary/aromatic N) is 2. The lowest BCUT2D eigenvalue weighted by molar-refractivity contribution is 0.0599. The van der Waals surface area contributed by atoms with Gasteiger partial charge in [-0.25, -0.2) is 4.39 Å². The Morgan fingerprint density at radius 3 is 2.00 bits per heavy atom. The first kappa shape index (κ1) is 10.9. The topological polar surface area (TPSA) is 6.48 Å². The molecule has 0 aromatic carbocycles. The van der Waals surface area contributed by atoms with Crippen LogP contribution in [-0.4, -0.2) is 54.7 Å². The molecule has 0 saturated carbocycles. The lowest BCUT2D eigenvalue weighted by atomic mass is 10.1. The number of alkyl halides is 1. The molecule has 0 spiro atoms. The maximum absolute atomic E-state index is 12.1. The first-order chi connectivity index (χ1) is 6.04. The summed E-state index contributed by atoms with van der Waals surface area (Å²) < 4.78 is 12.1. The van der Waals surface area contributed by atoms with Gasteiger partial charge in [0.2, 0.25) is 0 Å². The van der Waals surface area contributed by atoms with E-state index < -0.39 is 0 Å². The quantitative estimate of drug-likeness (QED) is 0.646. The van der Waals surface area contributed by atoms with Crippen molar-refractivity contribution in [3.8, 4) is 0 Å². The molecule has 0 atom stereocenters. The third-order valence-corrected chi connectivity index (χ3v) is 2.72. The van der Waals surface area contributed by atoms with Crippen LogP contribution in [0.4, 0.5) is 4.39 Å². The fourth-order valence-electron chi connectivity index (χ4n) is 1.76. The molecule has 13 heavy (non-hydrogen) atoms. The SMILES string of the molecule is CC(C)(C)N1CCN(CCF)CC1. The van der Waals surface area contributed by atoms with Crippen molar-refractivity contribution < 1.29 is 4.39 Å². The van der Waals surface area contributed by atoms with Gasteiger partial charge in [0.25, 0.3) is 0 Å². The van der Waals surface area contributed by atoms with Gasteiger partial charge in [-0.05, 0) is 20.8 Å². The molecule has 0 amide bonds. The van der Waals surface area contributed by atoms with Gasteiger partial charge in [-0.2, -0.15) is 0 Å².